The average Bonchev–Trinajstić information content (AvgIpc) is 2.84. The molecule has 1 saturated heterocycles. The number of hydrogen-bond acceptors (Lipinski definition) is 4. The molecule has 0 radical (unpaired) electrons. The highest BCUT2D eigenvalue weighted by Crippen LogP contribution is 2.26. The maximum absolute atomic E-state index is 5.11. The Balaban J connectivity index is 1.95. The molecule has 0 aromatic carbocycles. The second-order valence-corrected chi connectivity index (χ2v) is 4.58. The van der Waals surface area contributed by atoms with Crippen molar-refractivity contribution >= 4 is 0 Å². The van der Waals surface area contributed by atoms with E-state index in [-0.39, 0.29) is 0 Å². The SMILES string of the molecule is CCN1CCC(c2nncn2CCOC)CC1. The predicted molar refractivity (Wildman–Crippen MR) is 66.0 cm³/mol. The van der Waals surface area contributed by atoms with Gasteiger partial charge >= 0.3 is 0 Å². The molecular formula is C12H22N4O. The first-order valence-corrected chi connectivity index (χ1v) is 6.44. The van der Waals surface area contributed by atoms with E-state index in [1.54, 1.807) is 7.11 Å². The fourth-order valence-corrected chi connectivity index (χ4v) is 2.45. The number of ether oxygens (including phenoxy) is 1. The maximum Gasteiger partial charge on any atom is 0.136 e. The topological polar surface area (TPSA) is 43.2 Å². The van der Waals surface area contributed by atoms with Gasteiger partial charge in [0.15, 0.2) is 0 Å². The zero-order valence-corrected chi connectivity index (χ0v) is 10.8. The molecule has 0 amide bonds. The highest BCUT2D eigenvalue weighted by atomic mass is 16.5. The molecule has 2 heterocycles. The maximum atomic E-state index is 5.11. The van der Waals surface area contributed by atoms with E-state index in [1.807, 2.05) is 6.33 Å². The Morgan fingerprint density at radius 3 is 2.82 bits per heavy atom. The Labute approximate surface area is 103 Å². The molecular weight excluding hydrogens is 216 g/mol. The minimum absolute atomic E-state index is 0.567. The van der Waals surface area contributed by atoms with E-state index in [2.05, 4.69) is 26.6 Å². The summed E-state index contributed by atoms with van der Waals surface area (Å²) in [6.07, 6.45) is 4.21. The van der Waals surface area contributed by atoms with Crippen molar-refractivity contribution in [2.24, 2.45) is 0 Å². The van der Waals surface area contributed by atoms with Crippen molar-refractivity contribution < 1.29 is 4.74 Å². The van der Waals surface area contributed by atoms with Gasteiger partial charge < -0.3 is 14.2 Å². The number of rotatable bonds is 5. The molecule has 0 atom stereocenters. The number of methoxy groups -OCH3 is 1. The van der Waals surface area contributed by atoms with Gasteiger partial charge in [0.25, 0.3) is 0 Å². The molecule has 96 valence electrons. The van der Waals surface area contributed by atoms with Crippen LogP contribution in [0, 0.1) is 0 Å². The van der Waals surface area contributed by atoms with Crippen molar-refractivity contribution in [3.63, 3.8) is 0 Å². The third kappa shape index (κ3) is 3.04. The van der Waals surface area contributed by atoms with E-state index in [4.69, 9.17) is 4.74 Å². The normalized spacial score (nSPS) is 18.7. The third-order valence-electron chi connectivity index (χ3n) is 3.58. The van der Waals surface area contributed by atoms with E-state index in [9.17, 15) is 0 Å². The summed E-state index contributed by atoms with van der Waals surface area (Å²) < 4.78 is 7.24. The van der Waals surface area contributed by atoms with Gasteiger partial charge in [-0.1, -0.05) is 6.92 Å². The van der Waals surface area contributed by atoms with Crippen LogP contribution in [0.3, 0.4) is 0 Å². The smallest absolute Gasteiger partial charge is 0.136 e. The van der Waals surface area contributed by atoms with E-state index < -0.39 is 0 Å². The molecule has 2 rings (SSSR count). The van der Waals surface area contributed by atoms with Gasteiger partial charge in [-0.25, -0.2) is 0 Å². The Bertz CT molecular complexity index is 331. The quantitative estimate of drug-likeness (QED) is 0.771. The van der Waals surface area contributed by atoms with E-state index in [1.165, 1.54) is 25.9 Å². The van der Waals surface area contributed by atoms with Gasteiger partial charge in [0.05, 0.1) is 6.61 Å². The van der Waals surface area contributed by atoms with Gasteiger partial charge in [-0.05, 0) is 32.5 Å². The van der Waals surface area contributed by atoms with Crippen LogP contribution in [0.25, 0.3) is 0 Å². The van der Waals surface area contributed by atoms with E-state index in [0.717, 1.165) is 25.5 Å². The van der Waals surface area contributed by atoms with Crippen molar-refractivity contribution in [3.8, 4) is 0 Å². The zero-order valence-electron chi connectivity index (χ0n) is 10.8. The van der Waals surface area contributed by atoms with E-state index in [0.29, 0.717) is 5.92 Å². The van der Waals surface area contributed by atoms with Crippen LogP contribution in [0.15, 0.2) is 6.33 Å². The molecule has 0 N–H and O–H groups in total. The summed E-state index contributed by atoms with van der Waals surface area (Å²) in [4.78, 5) is 2.49. The highest BCUT2D eigenvalue weighted by Gasteiger charge is 2.23. The van der Waals surface area contributed by atoms with Crippen LogP contribution < -0.4 is 0 Å². The molecule has 17 heavy (non-hydrogen) atoms. The summed E-state index contributed by atoms with van der Waals surface area (Å²) >= 11 is 0. The van der Waals surface area contributed by atoms with Crippen LogP contribution in [0.2, 0.25) is 0 Å². The van der Waals surface area contributed by atoms with Gasteiger partial charge in [-0.3, -0.25) is 0 Å². The molecule has 0 spiro atoms. The van der Waals surface area contributed by atoms with Crippen molar-refractivity contribution in [1.29, 1.82) is 0 Å². The summed E-state index contributed by atoms with van der Waals surface area (Å²) in [6, 6.07) is 0. The van der Waals surface area contributed by atoms with Crippen LogP contribution in [0.4, 0.5) is 0 Å². The minimum atomic E-state index is 0.567. The third-order valence-corrected chi connectivity index (χ3v) is 3.58. The largest absolute Gasteiger partial charge is 0.383 e. The first-order chi connectivity index (χ1) is 8.35. The first-order valence-electron chi connectivity index (χ1n) is 6.44. The fourth-order valence-electron chi connectivity index (χ4n) is 2.45. The van der Waals surface area contributed by atoms with E-state index >= 15 is 0 Å². The number of hydrogen-bond donors (Lipinski definition) is 0. The number of piperidine rings is 1. The molecule has 0 saturated carbocycles. The van der Waals surface area contributed by atoms with Crippen molar-refractivity contribution in [1.82, 2.24) is 19.7 Å². The van der Waals surface area contributed by atoms with Crippen LogP contribution in [0.1, 0.15) is 31.5 Å². The number of aromatic nitrogens is 3. The van der Waals surface area contributed by atoms with Gasteiger partial charge in [-0.15, -0.1) is 10.2 Å². The predicted octanol–water partition coefficient (Wildman–Crippen LogP) is 1.12. The molecule has 1 aliphatic heterocycles. The molecule has 1 aromatic rings. The van der Waals surface area contributed by atoms with Crippen LogP contribution in [-0.2, 0) is 11.3 Å². The lowest BCUT2D eigenvalue weighted by atomic mass is 9.96. The van der Waals surface area contributed by atoms with Crippen molar-refractivity contribution in [3.05, 3.63) is 12.2 Å². The standard InChI is InChI=1S/C12H22N4O/c1-3-15-6-4-11(5-7-15)12-14-13-10-16(12)8-9-17-2/h10-11H,3-9H2,1-2H3. The van der Waals surface area contributed by atoms with Crippen molar-refractivity contribution in [2.75, 3.05) is 33.4 Å². The molecule has 0 aliphatic carbocycles. The lowest BCUT2D eigenvalue weighted by Crippen LogP contribution is -2.33. The van der Waals surface area contributed by atoms with Gasteiger partial charge in [0, 0.05) is 19.6 Å². The Morgan fingerprint density at radius 2 is 2.18 bits per heavy atom. The fraction of sp³-hybridized carbons (Fsp3) is 0.833. The van der Waals surface area contributed by atoms with Crippen LogP contribution in [-0.4, -0.2) is 53.0 Å². The Kier molecular flexibility index (Phi) is 4.50. The Hall–Kier alpha value is -0.940. The second-order valence-electron chi connectivity index (χ2n) is 4.58. The minimum Gasteiger partial charge on any atom is -0.383 e. The summed E-state index contributed by atoms with van der Waals surface area (Å²) in [5, 5.41) is 8.32. The van der Waals surface area contributed by atoms with Crippen molar-refractivity contribution in [2.45, 2.75) is 32.2 Å². The van der Waals surface area contributed by atoms with Gasteiger partial charge in [0.2, 0.25) is 0 Å². The monoisotopic (exact) mass is 238 g/mol. The highest BCUT2D eigenvalue weighted by molar-refractivity contribution is 4.99. The molecule has 0 unspecified atom stereocenters. The summed E-state index contributed by atoms with van der Waals surface area (Å²) in [6.45, 7) is 7.31. The first kappa shape index (κ1) is 12.5. The van der Waals surface area contributed by atoms with Crippen LogP contribution in [0.5, 0.6) is 0 Å². The van der Waals surface area contributed by atoms with Gasteiger partial charge in [-0.2, -0.15) is 0 Å². The summed E-state index contributed by atoms with van der Waals surface area (Å²) in [5.74, 6) is 1.70. The second kappa shape index (κ2) is 6.12. The molecule has 1 aliphatic rings. The van der Waals surface area contributed by atoms with Crippen LogP contribution >= 0.6 is 0 Å². The summed E-state index contributed by atoms with van der Waals surface area (Å²) in [5.41, 5.74) is 0. The van der Waals surface area contributed by atoms with Gasteiger partial charge in [0.1, 0.15) is 12.2 Å². The number of nitrogens with zero attached hydrogens (tertiary/aromatic N) is 4. The molecule has 1 aromatic heterocycles. The zero-order chi connectivity index (χ0) is 12.1. The molecule has 5 nitrogen and oxygen atoms in total. The lowest BCUT2D eigenvalue weighted by molar-refractivity contribution is 0.182. The summed E-state index contributed by atoms with van der Waals surface area (Å²) in [7, 11) is 1.73. The molecule has 1 fully saturated rings. The molecule has 5 heteroatoms. The number of likely N-dealkylation sites (tertiary alicyclic amines) is 1. The average molecular weight is 238 g/mol. The lowest BCUT2D eigenvalue weighted by Gasteiger charge is -2.30. The Morgan fingerprint density at radius 1 is 1.41 bits per heavy atom. The molecule has 0 bridgehead atoms.